The van der Waals surface area contributed by atoms with E-state index < -0.39 is 29.2 Å². The van der Waals surface area contributed by atoms with Crippen molar-refractivity contribution in [1.29, 1.82) is 0 Å². The standard InChI is InChI=1S/C14H19FO3/c1-4-12(10-6-5-7-11(15)8-10)14(18,9(2)3)13(16)17/h5-9,12,18H,4H2,1-3H3,(H,16,17). The van der Waals surface area contributed by atoms with Gasteiger partial charge in [-0.15, -0.1) is 0 Å². The Morgan fingerprint density at radius 1 is 1.44 bits per heavy atom. The molecule has 0 aliphatic heterocycles. The number of rotatable bonds is 5. The molecule has 2 unspecified atom stereocenters. The molecule has 0 aliphatic rings. The minimum absolute atomic E-state index is 0.421. The van der Waals surface area contributed by atoms with Gasteiger partial charge < -0.3 is 10.2 Å². The van der Waals surface area contributed by atoms with Crippen molar-refractivity contribution in [1.82, 2.24) is 0 Å². The highest BCUT2D eigenvalue weighted by Gasteiger charge is 2.46. The maximum absolute atomic E-state index is 13.2. The molecular formula is C14H19FO3. The van der Waals surface area contributed by atoms with Gasteiger partial charge in [0, 0.05) is 5.92 Å². The minimum atomic E-state index is -1.89. The average molecular weight is 254 g/mol. The van der Waals surface area contributed by atoms with Crippen LogP contribution in [0.5, 0.6) is 0 Å². The van der Waals surface area contributed by atoms with Crippen molar-refractivity contribution in [3.63, 3.8) is 0 Å². The molecule has 1 aromatic carbocycles. The lowest BCUT2D eigenvalue weighted by atomic mass is 9.73. The van der Waals surface area contributed by atoms with Gasteiger partial charge in [0.15, 0.2) is 5.60 Å². The van der Waals surface area contributed by atoms with Crippen molar-refractivity contribution in [3.8, 4) is 0 Å². The largest absolute Gasteiger partial charge is 0.479 e. The van der Waals surface area contributed by atoms with Crippen molar-refractivity contribution in [2.24, 2.45) is 5.92 Å². The molecule has 100 valence electrons. The van der Waals surface area contributed by atoms with Crippen LogP contribution in [0.15, 0.2) is 24.3 Å². The number of aliphatic hydroxyl groups is 1. The van der Waals surface area contributed by atoms with Crippen LogP contribution in [0.3, 0.4) is 0 Å². The summed E-state index contributed by atoms with van der Waals surface area (Å²) in [6.07, 6.45) is 0.421. The van der Waals surface area contributed by atoms with Gasteiger partial charge in [0.2, 0.25) is 0 Å². The Bertz CT molecular complexity index is 431. The summed E-state index contributed by atoms with van der Waals surface area (Å²) in [5.74, 6) is -2.80. The lowest BCUT2D eigenvalue weighted by molar-refractivity contribution is -0.167. The molecule has 2 N–H and O–H groups in total. The molecule has 0 aromatic heterocycles. The second-order valence-electron chi connectivity index (χ2n) is 4.80. The molecule has 0 fully saturated rings. The number of carboxylic acid groups (broad SMARTS) is 1. The van der Waals surface area contributed by atoms with Crippen molar-refractivity contribution in [2.45, 2.75) is 38.7 Å². The van der Waals surface area contributed by atoms with E-state index in [4.69, 9.17) is 0 Å². The smallest absolute Gasteiger partial charge is 0.336 e. The third-order valence-corrected chi connectivity index (χ3v) is 3.41. The Kier molecular flexibility index (Phi) is 4.46. The zero-order valence-corrected chi connectivity index (χ0v) is 10.9. The van der Waals surface area contributed by atoms with Crippen LogP contribution in [0, 0.1) is 11.7 Å². The molecule has 0 spiro atoms. The molecule has 0 saturated heterocycles. The maximum Gasteiger partial charge on any atom is 0.336 e. The highest BCUT2D eigenvalue weighted by Crippen LogP contribution is 2.37. The summed E-state index contributed by atoms with van der Waals surface area (Å²) in [6.45, 7) is 5.08. The summed E-state index contributed by atoms with van der Waals surface area (Å²) in [6, 6.07) is 5.75. The highest BCUT2D eigenvalue weighted by atomic mass is 19.1. The topological polar surface area (TPSA) is 57.5 Å². The number of benzene rings is 1. The molecule has 0 aliphatic carbocycles. The van der Waals surface area contributed by atoms with Crippen molar-refractivity contribution in [3.05, 3.63) is 35.6 Å². The molecule has 0 saturated carbocycles. The van der Waals surface area contributed by atoms with Crippen LogP contribution in [0.2, 0.25) is 0 Å². The molecule has 3 nitrogen and oxygen atoms in total. The second-order valence-corrected chi connectivity index (χ2v) is 4.80. The third-order valence-electron chi connectivity index (χ3n) is 3.41. The number of hydrogen-bond acceptors (Lipinski definition) is 2. The van der Waals surface area contributed by atoms with Gasteiger partial charge in [0.1, 0.15) is 5.82 Å². The van der Waals surface area contributed by atoms with E-state index in [1.54, 1.807) is 26.8 Å². The quantitative estimate of drug-likeness (QED) is 0.849. The Morgan fingerprint density at radius 2 is 2.06 bits per heavy atom. The summed E-state index contributed by atoms with van der Waals surface area (Å²) < 4.78 is 13.2. The van der Waals surface area contributed by atoms with E-state index in [0.717, 1.165) is 0 Å². The van der Waals surface area contributed by atoms with Gasteiger partial charge in [-0.25, -0.2) is 9.18 Å². The molecule has 0 amide bonds. The number of carbonyl (C=O) groups is 1. The van der Waals surface area contributed by atoms with Crippen LogP contribution < -0.4 is 0 Å². The van der Waals surface area contributed by atoms with Crippen LogP contribution in [-0.2, 0) is 4.79 Å². The zero-order chi connectivity index (χ0) is 13.9. The summed E-state index contributed by atoms with van der Waals surface area (Å²) in [5, 5.41) is 19.7. The van der Waals surface area contributed by atoms with Crippen LogP contribution in [0.25, 0.3) is 0 Å². The summed E-state index contributed by atoms with van der Waals surface area (Å²) in [7, 11) is 0. The first-order chi connectivity index (χ1) is 8.33. The first-order valence-corrected chi connectivity index (χ1v) is 6.05. The number of carboxylic acids is 1. The predicted octanol–water partition coefficient (Wildman–Crippen LogP) is 2.79. The van der Waals surface area contributed by atoms with E-state index >= 15 is 0 Å². The first-order valence-electron chi connectivity index (χ1n) is 6.05. The SMILES string of the molecule is CCC(c1cccc(F)c1)C(O)(C(=O)O)C(C)C. The van der Waals surface area contributed by atoms with Gasteiger partial charge in [0.25, 0.3) is 0 Å². The van der Waals surface area contributed by atoms with Gasteiger partial charge in [-0.1, -0.05) is 32.9 Å². The molecule has 4 heteroatoms. The Hall–Kier alpha value is -1.42. The Labute approximate surface area is 106 Å². The summed E-state index contributed by atoms with van der Waals surface area (Å²) >= 11 is 0. The van der Waals surface area contributed by atoms with Crippen LogP contribution in [0.1, 0.15) is 38.7 Å². The lowest BCUT2D eigenvalue weighted by Crippen LogP contribution is -2.49. The van der Waals surface area contributed by atoms with Crippen LogP contribution in [-0.4, -0.2) is 21.8 Å². The van der Waals surface area contributed by atoms with Crippen molar-refractivity contribution < 1.29 is 19.4 Å². The highest BCUT2D eigenvalue weighted by molar-refractivity contribution is 5.79. The van der Waals surface area contributed by atoms with Gasteiger partial charge >= 0.3 is 5.97 Å². The average Bonchev–Trinajstić information content (AvgIpc) is 2.29. The summed E-state index contributed by atoms with van der Waals surface area (Å²) in [4.78, 5) is 11.4. The zero-order valence-electron chi connectivity index (χ0n) is 10.9. The normalized spacial score (nSPS) is 16.3. The number of aliphatic carboxylic acids is 1. The van der Waals surface area contributed by atoms with Gasteiger partial charge in [-0.3, -0.25) is 0 Å². The van der Waals surface area contributed by atoms with E-state index in [0.29, 0.717) is 12.0 Å². The summed E-state index contributed by atoms with van der Waals surface area (Å²) in [5.41, 5.74) is -1.38. The molecule has 1 rings (SSSR count). The van der Waals surface area contributed by atoms with E-state index in [-0.39, 0.29) is 0 Å². The fourth-order valence-electron chi connectivity index (χ4n) is 2.32. The molecule has 18 heavy (non-hydrogen) atoms. The van der Waals surface area contributed by atoms with Gasteiger partial charge in [-0.05, 0) is 30.0 Å². The van der Waals surface area contributed by atoms with Crippen LogP contribution >= 0.6 is 0 Å². The first kappa shape index (κ1) is 14.6. The van der Waals surface area contributed by atoms with E-state index in [9.17, 15) is 19.4 Å². The molecule has 0 heterocycles. The predicted molar refractivity (Wildman–Crippen MR) is 66.9 cm³/mol. The third kappa shape index (κ3) is 2.53. The van der Waals surface area contributed by atoms with E-state index in [1.807, 2.05) is 0 Å². The molecular weight excluding hydrogens is 235 g/mol. The molecule has 1 aromatic rings. The lowest BCUT2D eigenvalue weighted by Gasteiger charge is -2.35. The van der Waals surface area contributed by atoms with E-state index in [2.05, 4.69) is 0 Å². The fraction of sp³-hybridized carbons (Fsp3) is 0.500. The van der Waals surface area contributed by atoms with Gasteiger partial charge in [0.05, 0.1) is 0 Å². The van der Waals surface area contributed by atoms with Crippen molar-refractivity contribution >= 4 is 5.97 Å². The van der Waals surface area contributed by atoms with E-state index in [1.165, 1.54) is 18.2 Å². The Balaban J connectivity index is 3.27. The second kappa shape index (κ2) is 5.48. The molecule has 0 bridgehead atoms. The Morgan fingerprint density at radius 3 is 2.44 bits per heavy atom. The van der Waals surface area contributed by atoms with Crippen LogP contribution in [0.4, 0.5) is 4.39 Å². The molecule has 2 atom stereocenters. The monoisotopic (exact) mass is 254 g/mol. The maximum atomic E-state index is 13.2. The van der Waals surface area contributed by atoms with Gasteiger partial charge in [-0.2, -0.15) is 0 Å². The van der Waals surface area contributed by atoms with Crippen molar-refractivity contribution in [2.75, 3.05) is 0 Å². The number of hydrogen-bond donors (Lipinski definition) is 2. The molecule has 0 radical (unpaired) electrons. The number of halogens is 1. The minimum Gasteiger partial charge on any atom is -0.479 e. The fourth-order valence-corrected chi connectivity index (χ4v) is 2.32.